The number of carbonyl (C=O) groups excluding carboxylic acids is 1. The van der Waals surface area contributed by atoms with Gasteiger partial charge in [0.25, 0.3) is 0 Å². The average molecular weight is 365 g/mol. The molecule has 0 heterocycles. The zero-order valence-corrected chi connectivity index (χ0v) is 15.9. The van der Waals surface area contributed by atoms with Gasteiger partial charge in [-0.15, -0.1) is 11.8 Å². The smallest absolute Gasteiger partial charge is 0.233 e. The molecule has 0 aliphatic rings. The highest BCUT2D eigenvalue weighted by atomic mass is 32.2. The Morgan fingerprint density at radius 2 is 1.77 bits per heavy atom. The van der Waals surface area contributed by atoms with Gasteiger partial charge in [0, 0.05) is 10.3 Å². The van der Waals surface area contributed by atoms with E-state index in [-0.39, 0.29) is 11.2 Å². The van der Waals surface area contributed by atoms with E-state index in [4.69, 9.17) is 4.74 Å². The number of aryl methyl sites for hydroxylation is 1. The number of fused-ring (bicyclic) bond motifs is 1. The zero-order chi connectivity index (χ0) is 18.4. The van der Waals surface area contributed by atoms with E-state index in [1.54, 1.807) is 11.8 Å². The molecule has 0 saturated heterocycles. The predicted molar refractivity (Wildman–Crippen MR) is 109 cm³/mol. The molecule has 0 bridgehead atoms. The molecule has 0 aliphatic carbocycles. The van der Waals surface area contributed by atoms with E-state index in [1.807, 2.05) is 49.4 Å². The summed E-state index contributed by atoms with van der Waals surface area (Å²) in [6.45, 7) is 4.91. The van der Waals surface area contributed by atoms with E-state index in [0.717, 1.165) is 21.4 Å². The maximum absolute atomic E-state index is 12.3. The van der Waals surface area contributed by atoms with Gasteiger partial charge in [0.15, 0.2) is 0 Å². The summed E-state index contributed by atoms with van der Waals surface area (Å²) in [4.78, 5) is 13.4. The molecule has 1 unspecified atom stereocenters. The van der Waals surface area contributed by atoms with Crippen LogP contribution in [-0.2, 0) is 4.79 Å². The van der Waals surface area contributed by atoms with Gasteiger partial charge >= 0.3 is 0 Å². The van der Waals surface area contributed by atoms with Gasteiger partial charge in [-0.25, -0.2) is 0 Å². The summed E-state index contributed by atoms with van der Waals surface area (Å²) >= 11 is 1.56. The molecule has 0 spiro atoms. The van der Waals surface area contributed by atoms with Crippen molar-refractivity contribution in [3.8, 4) is 5.75 Å². The molecular weight excluding hydrogens is 342 g/mol. The molecule has 3 aromatic carbocycles. The molecule has 26 heavy (non-hydrogen) atoms. The van der Waals surface area contributed by atoms with Crippen LogP contribution in [0.1, 0.15) is 12.5 Å². The molecule has 1 atom stereocenters. The largest absolute Gasteiger partial charge is 0.491 e. The second-order valence-electron chi connectivity index (χ2n) is 6.19. The van der Waals surface area contributed by atoms with Crippen LogP contribution in [0.15, 0.2) is 71.6 Å². The molecule has 134 valence electrons. The summed E-state index contributed by atoms with van der Waals surface area (Å²) in [5.41, 5.74) is 1.22. The monoisotopic (exact) mass is 365 g/mol. The first kappa shape index (κ1) is 18.3. The maximum Gasteiger partial charge on any atom is 0.233 e. The van der Waals surface area contributed by atoms with Crippen molar-refractivity contribution in [2.45, 2.75) is 24.0 Å². The number of thioether (sulfide) groups is 1. The molecule has 3 aromatic rings. The van der Waals surface area contributed by atoms with Crippen LogP contribution in [0.25, 0.3) is 10.8 Å². The van der Waals surface area contributed by atoms with E-state index in [2.05, 4.69) is 36.5 Å². The van der Waals surface area contributed by atoms with Gasteiger partial charge in [-0.05, 0) is 37.4 Å². The molecule has 0 saturated carbocycles. The van der Waals surface area contributed by atoms with Crippen LogP contribution in [0, 0.1) is 6.92 Å². The highest BCUT2D eigenvalue weighted by Crippen LogP contribution is 2.25. The molecule has 0 fully saturated rings. The summed E-state index contributed by atoms with van der Waals surface area (Å²) in [6.07, 6.45) is 0. The molecule has 3 nitrogen and oxygen atoms in total. The van der Waals surface area contributed by atoms with Crippen molar-refractivity contribution in [3.05, 3.63) is 72.3 Å². The lowest BCUT2D eigenvalue weighted by Gasteiger charge is -2.13. The summed E-state index contributed by atoms with van der Waals surface area (Å²) in [7, 11) is 0. The first-order chi connectivity index (χ1) is 12.6. The van der Waals surface area contributed by atoms with Gasteiger partial charge in [0.05, 0.1) is 11.8 Å². The Morgan fingerprint density at radius 3 is 2.58 bits per heavy atom. The van der Waals surface area contributed by atoms with Gasteiger partial charge in [-0.2, -0.15) is 0 Å². The highest BCUT2D eigenvalue weighted by molar-refractivity contribution is 8.00. The quantitative estimate of drug-likeness (QED) is 0.482. The topological polar surface area (TPSA) is 38.3 Å². The standard InChI is InChI=1S/C22H23NO2S/c1-16-10-12-19(13-11-16)26-17(2)22(24)23-14-15-25-21-9-5-7-18-6-3-4-8-20(18)21/h3-13,17H,14-15H2,1-2H3,(H,23,24). The third-order valence-electron chi connectivity index (χ3n) is 4.11. The van der Waals surface area contributed by atoms with Crippen molar-refractivity contribution in [3.63, 3.8) is 0 Å². The first-order valence-corrected chi connectivity index (χ1v) is 9.63. The maximum atomic E-state index is 12.3. The second-order valence-corrected chi connectivity index (χ2v) is 7.60. The Kier molecular flexibility index (Phi) is 6.18. The first-order valence-electron chi connectivity index (χ1n) is 8.75. The molecule has 0 aliphatic heterocycles. The van der Waals surface area contributed by atoms with Crippen LogP contribution < -0.4 is 10.1 Å². The van der Waals surface area contributed by atoms with E-state index in [1.165, 1.54) is 5.56 Å². The number of hydrogen-bond donors (Lipinski definition) is 1. The number of nitrogens with one attached hydrogen (secondary N) is 1. The minimum Gasteiger partial charge on any atom is -0.491 e. The van der Waals surface area contributed by atoms with Crippen molar-refractivity contribution < 1.29 is 9.53 Å². The summed E-state index contributed by atoms with van der Waals surface area (Å²) in [5.74, 6) is 0.872. The number of benzene rings is 3. The second kappa shape index (κ2) is 8.77. The van der Waals surface area contributed by atoms with E-state index in [9.17, 15) is 4.79 Å². The normalized spacial score (nSPS) is 11.9. The highest BCUT2D eigenvalue weighted by Gasteiger charge is 2.13. The Morgan fingerprint density at radius 1 is 1.04 bits per heavy atom. The number of amides is 1. The minimum absolute atomic E-state index is 0.0251. The SMILES string of the molecule is Cc1ccc(SC(C)C(=O)NCCOc2cccc3ccccc23)cc1. The Bertz CT molecular complexity index is 871. The van der Waals surface area contributed by atoms with E-state index >= 15 is 0 Å². The fourth-order valence-electron chi connectivity index (χ4n) is 2.67. The molecule has 0 aromatic heterocycles. The molecular formula is C22H23NO2S. The lowest BCUT2D eigenvalue weighted by Crippen LogP contribution is -2.33. The Balaban J connectivity index is 1.46. The van der Waals surface area contributed by atoms with Crippen molar-refractivity contribution in [2.24, 2.45) is 0 Å². The summed E-state index contributed by atoms with van der Waals surface area (Å²) < 4.78 is 5.86. The van der Waals surface area contributed by atoms with Crippen molar-refractivity contribution in [1.29, 1.82) is 0 Å². The number of carbonyl (C=O) groups is 1. The van der Waals surface area contributed by atoms with Crippen LogP contribution in [0.4, 0.5) is 0 Å². The minimum atomic E-state index is -0.143. The molecule has 1 N–H and O–H groups in total. The predicted octanol–water partition coefficient (Wildman–Crippen LogP) is 4.82. The Labute approximate surface area is 158 Å². The van der Waals surface area contributed by atoms with Crippen molar-refractivity contribution >= 4 is 28.4 Å². The fourth-order valence-corrected chi connectivity index (χ4v) is 3.57. The van der Waals surface area contributed by atoms with Gasteiger partial charge in [-0.3, -0.25) is 4.79 Å². The van der Waals surface area contributed by atoms with E-state index < -0.39 is 0 Å². The number of ether oxygens (including phenoxy) is 1. The Hall–Kier alpha value is -2.46. The molecule has 3 rings (SSSR count). The lowest BCUT2D eigenvalue weighted by molar-refractivity contribution is -0.120. The summed E-state index contributed by atoms with van der Waals surface area (Å²) in [6, 6.07) is 22.3. The van der Waals surface area contributed by atoms with Crippen molar-refractivity contribution in [2.75, 3.05) is 13.2 Å². The van der Waals surface area contributed by atoms with Crippen LogP contribution >= 0.6 is 11.8 Å². The summed E-state index contributed by atoms with van der Waals surface area (Å²) in [5, 5.41) is 5.04. The van der Waals surface area contributed by atoms with Gasteiger partial charge in [0.1, 0.15) is 12.4 Å². The van der Waals surface area contributed by atoms with Gasteiger partial charge in [-0.1, -0.05) is 54.1 Å². The third-order valence-corrected chi connectivity index (χ3v) is 5.22. The van der Waals surface area contributed by atoms with Crippen LogP contribution in [0.2, 0.25) is 0 Å². The van der Waals surface area contributed by atoms with E-state index in [0.29, 0.717) is 13.2 Å². The van der Waals surface area contributed by atoms with Crippen LogP contribution in [0.5, 0.6) is 5.75 Å². The number of rotatable bonds is 7. The third kappa shape index (κ3) is 4.79. The van der Waals surface area contributed by atoms with Crippen LogP contribution in [-0.4, -0.2) is 24.3 Å². The average Bonchev–Trinajstić information content (AvgIpc) is 2.67. The van der Waals surface area contributed by atoms with Gasteiger partial charge < -0.3 is 10.1 Å². The lowest BCUT2D eigenvalue weighted by atomic mass is 10.1. The van der Waals surface area contributed by atoms with Gasteiger partial charge in [0.2, 0.25) is 5.91 Å². The van der Waals surface area contributed by atoms with Crippen LogP contribution in [0.3, 0.4) is 0 Å². The fraction of sp³-hybridized carbons (Fsp3) is 0.227. The molecule has 4 heteroatoms. The molecule has 1 amide bonds. The number of hydrogen-bond acceptors (Lipinski definition) is 3. The molecule has 0 radical (unpaired) electrons. The van der Waals surface area contributed by atoms with Crippen molar-refractivity contribution in [1.82, 2.24) is 5.32 Å². The zero-order valence-electron chi connectivity index (χ0n) is 15.1.